The first-order chi connectivity index (χ1) is 19.0. The average Bonchev–Trinajstić information content (AvgIpc) is 3.56. The Kier molecular flexibility index (Phi) is 8.62. The number of aliphatic imine (C=N–C) groups is 1. The number of amides is 1. The van der Waals surface area contributed by atoms with Gasteiger partial charge < -0.3 is 26.2 Å². The Labute approximate surface area is 230 Å². The number of allylic oxidation sites excluding steroid dienone is 1. The van der Waals surface area contributed by atoms with Crippen LogP contribution < -0.4 is 16.4 Å². The van der Waals surface area contributed by atoms with Crippen molar-refractivity contribution < 1.29 is 9.18 Å². The largest absolute Gasteiger partial charge is 0.404 e. The lowest BCUT2D eigenvalue weighted by atomic mass is 9.94. The molecule has 1 aromatic carbocycles. The average molecular weight is 537 g/mol. The third-order valence-corrected chi connectivity index (χ3v) is 8.44. The number of carbonyl (C=O) groups is 1. The molecule has 0 spiro atoms. The van der Waals surface area contributed by atoms with Crippen LogP contribution in [0.3, 0.4) is 0 Å². The van der Waals surface area contributed by atoms with Gasteiger partial charge in [0.1, 0.15) is 5.82 Å². The first-order valence-corrected chi connectivity index (χ1v) is 14.2. The highest BCUT2D eigenvalue weighted by molar-refractivity contribution is 6.09. The molecule has 0 aliphatic carbocycles. The molecule has 1 aromatic heterocycles. The van der Waals surface area contributed by atoms with Crippen molar-refractivity contribution in [2.45, 2.75) is 51.6 Å². The first kappa shape index (κ1) is 27.3. The SMILES string of the molecule is CN=C/C(=C\N)c1ccc(Nc2nn(C3CCN(CCC4CCNCC4)C3)c3c2CN(C(C)=O)CC3)c(F)c1. The van der Waals surface area contributed by atoms with E-state index in [1.165, 1.54) is 31.5 Å². The maximum Gasteiger partial charge on any atom is 0.219 e. The van der Waals surface area contributed by atoms with Gasteiger partial charge in [-0.3, -0.25) is 14.5 Å². The highest BCUT2D eigenvalue weighted by Gasteiger charge is 2.32. The molecule has 1 unspecified atom stereocenters. The van der Waals surface area contributed by atoms with Gasteiger partial charge in [0.2, 0.25) is 5.91 Å². The zero-order valence-corrected chi connectivity index (χ0v) is 23.1. The number of hydrogen-bond acceptors (Lipinski definition) is 7. The van der Waals surface area contributed by atoms with Gasteiger partial charge >= 0.3 is 0 Å². The van der Waals surface area contributed by atoms with E-state index in [1.54, 1.807) is 26.3 Å². The summed E-state index contributed by atoms with van der Waals surface area (Å²) in [6, 6.07) is 5.25. The Morgan fingerprint density at radius 3 is 2.82 bits per heavy atom. The number of nitrogens with zero attached hydrogens (tertiary/aromatic N) is 5. The topological polar surface area (TPSA) is 104 Å². The Hall–Kier alpha value is -3.24. The maximum absolute atomic E-state index is 15.2. The number of anilines is 2. The number of aromatic nitrogens is 2. The Morgan fingerprint density at radius 2 is 2.10 bits per heavy atom. The highest BCUT2D eigenvalue weighted by Crippen LogP contribution is 2.34. The summed E-state index contributed by atoms with van der Waals surface area (Å²) in [5.41, 5.74) is 9.48. The number of fused-ring (bicyclic) bond motifs is 1. The molecule has 39 heavy (non-hydrogen) atoms. The second-order valence-electron chi connectivity index (χ2n) is 11.0. The molecule has 10 heteroatoms. The van der Waals surface area contributed by atoms with Crippen LogP contribution in [-0.4, -0.2) is 78.0 Å². The summed E-state index contributed by atoms with van der Waals surface area (Å²) in [5, 5.41) is 11.7. The lowest BCUT2D eigenvalue weighted by Gasteiger charge is -2.28. The van der Waals surface area contributed by atoms with Gasteiger partial charge in [0.15, 0.2) is 5.82 Å². The number of benzene rings is 1. The number of piperidine rings is 1. The van der Waals surface area contributed by atoms with Crippen molar-refractivity contribution in [3.8, 4) is 0 Å². The van der Waals surface area contributed by atoms with E-state index in [0.29, 0.717) is 35.7 Å². The smallest absolute Gasteiger partial charge is 0.219 e. The fraction of sp³-hybridized carbons (Fsp3) is 0.552. The summed E-state index contributed by atoms with van der Waals surface area (Å²) in [7, 11) is 1.65. The van der Waals surface area contributed by atoms with Gasteiger partial charge in [-0.1, -0.05) is 6.07 Å². The predicted octanol–water partition coefficient (Wildman–Crippen LogP) is 3.31. The van der Waals surface area contributed by atoms with Crippen molar-refractivity contribution in [1.82, 2.24) is 24.9 Å². The number of nitrogens with two attached hydrogens (primary N) is 1. The summed E-state index contributed by atoms with van der Waals surface area (Å²) < 4.78 is 17.4. The standard InChI is InChI=1S/C29H41FN8O/c1-20(39)37-14-9-28-25(19-37)29(34-27-4-3-22(15-26(27)30)23(16-31)17-32-2)35-38(28)24-8-13-36(18-24)12-7-21-5-10-33-11-6-21/h3-4,15-17,21,24,33H,5-14,18-19,31H2,1-2H3,(H,34,35)/b23-16+,32-17?. The van der Waals surface area contributed by atoms with Crippen molar-refractivity contribution in [2.24, 2.45) is 16.6 Å². The number of carbonyl (C=O) groups excluding carboxylic acids is 1. The van der Waals surface area contributed by atoms with E-state index < -0.39 is 5.82 Å². The lowest BCUT2D eigenvalue weighted by molar-refractivity contribution is -0.129. The van der Waals surface area contributed by atoms with E-state index in [-0.39, 0.29) is 11.9 Å². The molecule has 2 saturated heterocycles. The molecule has 3 aliphatic heterocycles. The van der Waals surface area contributed by atoms with Crippen LogP contribution >= 0.6 is 0 Å². The number of hydrogen-bond donors (Lipinski definition) is 3. The molecule has 1 amide bonds. The lowest BCUT2D eigenvalue weighted by Crippen LogP contribution is -2.35. The van der Waals surface area contributed by atoms with Crippen LogP contribution in [0.25, 0.3) is 5.57 Å². The van der Waals surface area contributed by atoms with Gasteiger partial charge in [-0.25, -0.2) is 4.39 Å². The van der Waals surface area contributed by atoms with Crippen molar-refractivity contribution in [3.63, 3.8) is 0 Å². The molecule has 2 aromatic rings. The van der Waals surface area contributed by atoms with Crippen LogP contribution in [0.2, 0.25) is 0 Å². The molecule has 9 nitrogen and oxygen atoms in total. The van der Waals surface area contributed by atoms with Crippen LogP contribution in [0.15, 0.2) is 29.4 Å². The summed E-state index contributed by atoms with van der Waals surface area (Å²) in [5.74, 6) is 1.09. The van der Waals surface area contributed by atoms with Crippen molar-refractivity contribution >= 4 is 29.2 Å². The summed E-state index contributed by atoms with van der Waals surface area (Å²) in [4.78, 5) is 20.6. The van der Waals surface area contributed by atoms with E-state index in [2.05, 4.69) is 25.2 Å². The molecule has 1 atom stereocenters. The minimum absolute atomic E-state index is 0.0403. The van der Waals surface area contributed by atoms with Crippen LogP contribution in [0, 0.1) is 11.7 Å². The highest BCUT2D eigenvalue weighted by atomic mass is 19.1. The van der Waals surface area contributed by atoms with E-state index >= 15 is 4.39 Å². The normalized spacial score (nSPS) is 21.1. The van der Waals surface area contributed by atoms with Gasteiger partial charge in [0.05, 0.1) is 18.3 Å². The minimum Gasteiger partial charge on any atom is -0.404 e. The third kappa shape index (κ3) is 6.17. The van der Waals surface area contributed by atoms with Crippen LogP contribution in [0.5, 0.6) is 0 Å². The van der Waals surface area contributed by atoms with Gasteiger partial charge in [0.25, 0.3) is 0 Å². The second-order valence-corrected chi connectivity index (χ2v) is 11.0. The van der Waals surface area contributed by atoms with Crippen molar-refractivity contribution in [1.29, 1.82) is 0 Å². The quantitative estimate of drug-likeness (QED) is 0.448. The minimum atomic E-state index is -0.399. The fourth-order valence-corrected chi connectivity index (χ4v) is 6.14. The van der Waals surface area contributed by atoms with Crippen LogP contribution in [0.4, 0.5) is 15.9 Å². The second kappa shape index (κ2) is 12.3. The van der Waals surface area contributed by atoms with Crippen LogP contribution in [-0.2, 0) is 17.8 Å². The molecule has 4 N–H and O–H groups in total. The molecule has 5 rings (SSSR count). The molecule has 210 valence electrons. The molecular formula is C29H41FN8O. The van der Waals surface area contributed by atoms with Gasteiger partial charge in [-0.15, -0.1) is 0 Å². The molecule has 2 fully saturated rings. The van der Waals surface area contributed by atoms with Crippen LogP contribution in [0.1, 0.15) is 55.5 Å². The summed E-state index contributed by atoms with van der Waals surface area (Å²) in [6.07, 6.45) is 8.63. The fourth-order valence-electron chi connectivity index (χ4n) is 6.14. The Morgan fingerprint density at radius 1 is 1.28 bits per heavy atom. The summed E-state index contributed by atoms with van der Waals surface area (Å²) >= 11 is 0. The van der Waals surface area contributed by atoms with E-state index in [4.69, 9.17) is 10.8 Å². The molecule has 4 heterocycles. The number of likely N-dealkylation sites (tertiary alicyclic amines) is 1. The zero-order chi connectivity index (χ0) is 27.4. The maximum atomic E-state index is 15.2. The van der Waals surface area contributed by atoms with Crippen molar-refractivity contribution in [2.75, 3.05) is 51.6 Å². The molecule has 0 radical (unpaired) electrons. The monoisotopic (exact) mass is 536 g/mol. The number of nitrogens with one attached hydrogen (secondary N) is 2. The molecular weight excluding hydrogens is 495 g/mol. The third-order valence-electron chi connectivity index (χ3n) is 8.44. The summed E-state index contributed by atoms with van der Waals surface area (Å²) in [6.45, 7) is 8.21. The zero-order valence-electron chi connectivity index (χ0n) is 23.1. The number of halogens is 1. The van der Waals surface area contributed by atoms with E-state index in [9.17, 15) is 4.79 Å². The molecule has 0 saturated carbocycles. The Balaban J connectivity index is 1.35. The molecule has 0 bridgehead atoms. The van der Waals surface area contributed by atoms with E-state index in [0.717, 1.165) is 62.7 Å². The van der Waals surface area contributed by atoms with Gasteiger partial charge in [-0.05, 0) is 68.9 Å². The number of rotatable bonds is 8. The first-order valence-electron chi connectivity index (χ1n) is 14.2. The van der Waals surface area contributed by atoms with Gasteiger partial charge in [0, 0.05) is 69.3 Å². The molecule has 3 aliphatic rings. The van der Waals surface area contributed by atoms with Crippen molar-refractivity contribution in [3.05, 3.63) is 47.0 Å². The van der Waals surface area contributed by atoms with Gasteiger partial charge in [-0.2, -0.15) is 5.10 Å². The van der Waals surface area contributed by atoms with E-state index in [1.807, 2.05) is 11.0 Å². The predicted molar refractivity (Wildman–Crippen MR) is 154 cm³/mol. The Bertz CT molecular complexity index is 1230.